The number of carbonyl (C=O) groups excluding carboxylic acids is 1. The van der Waals surface area contributed by atoms with Gasteiger partial charge in [-0.25, -0.2) is 0 Å². The largest absolute Gasteiger partial charge is 0.507 e. The lowest BCUT2D eigenvalue weighted by Crippen LogP contribution is -2.37. The molecule has 0 aromatic heterocycles. The van der Waals surface area contributed by atoms with E-state index < -0.39 is 29.0 Å². The van der Waals surface area contributed by atoms with Gasteiger partial charge in [0.1, 0.15) is 17.1 Å². The minimum atomic E-state index is -1.70. The lowest BCUT2D eigenvalue weighted by molar-refractivity contribution is 0.0198. The van der Waals surface area contributed by atoms with Crippen molar-refractivity contribution in [3.8, 4) is 23.8 Å². The van der Waals surface area contributed by atoms with E-state index in [1.165, 1.54) is 6.07 Å². The number of hydrogen-bond donors (Lipinski definition) is 5. The van der Waals surface area contributed by atoms with Gasteiger partial charge in [0.2, 0.25) is 0 Å². The summed E-state index contributed by atoms with van der Waals surface area (Å²) in [6.07, 6.45) is 3.56. The van der Waals surface area contributed by atoms with Crippen molar-refractivity contribution >= 4 is 11.5 Å². The van der Waals surface area contributed by atoms with E-state index in [0.29, 0.717) is 5.56 Å². The number of terminal acetylenes is 1. The first kappa shape index (κ1) is 16.3. The van der Waals surface area contributed by atoms with E-state index in [9.17, 15) is 25.2 Å². The fraction of sp³-hybridized carbons (Fsp3) is 0.200. The Balaban J connectivity index is 2.06. The van der Waals surface area contributed by atoms with Gasteiger partial charge in [0.05, 0.1) is 22.9 Å². The smallest absolute Gasteiger partial charge is 0.198 e. The number of ketones is 1. The van der Waals surface area contributed by atoms with Crippen molar-refractivity contribution in [3.63, 3.8) is 0 Å². The first-order valence-electron chi connectivity index (χ1n) is 8.01. The van der Waals surface area contributed by atoms with Crippen LogP contribution in [0.4, 0.5) is 0 Å². The molecule has 2 aromatic rings. The second-order valence-electron chi connectivity index (χ2n) is 6.66. The van der Waals surface area contributed by atoms with E-state index in [1.54, 1.807) is 18.2 Å². The molecule has 5 N–H and O–H groups in total. The van der Waals surface area contributed by atoms with Gasteiger partial charge in [0.25, 0.3) is 0 Å². The first-order valence-corrected chi connectivity index (χ1v) is 8.01. The molecular weight excluding hydrogens is 334 g/mol. The summed E-state index contributed by atoms with van der Waals surface area (Å²) in [5.74, 6) is 0.748. The highest BCUT2D eigenvalue weighted by Gasteiger charge is 2.43. The number of benzene rings is 2. The molecule has 2 aliphatic carbocycles. The first-order chi connectivity index (χ1) is 12.3. The lowest BCUT2D eigenvalue weighted by Gasteiger charge is -2.35. The van der Waals surface area contributed by atoms with Crippen LogP contribution in [0.25, 0.3) is 0 Å². The number of nitrogens with one attached hydrogen (secondary N) is 1. The Morgan fingerprint density at radius 1 is 1.15 bits per heavy atom. The molecule has 6 nitrogen and oxygen atoms in total. The van der Waals surface area contributed by atoms with E-state index >= 15 is 0 Å². The normalized spacial score (nSPS) is 23.7. The highest BCUT2D eigenvalue weighted by Crippen LogP contribution is 2.49. The number of phenols is 2. The molecule has 130 valence electrons. The number of aromatic hydroxyl groups is 2. The van der Waals surface area contributed by atoms with Crippen LogP contribution < -0.4 is 0 Å². The van der Waals surface area contributed by atoms with Gasteiger partial charge in [-0.3, -0.25) is 10.2 Å². The van der Waals surface area contributed by atoms with Crippen LogP contribution in [0.3, 0.4) is 0 Å². The van der Waals surface area contributed by atoms with Crippen molar-refractivity contribution in [1.29, 1.82) is 5.41 Å². The van der Waals surface area contributed by atoms with E-state index in [-0.39, 0.29) is 46.4 Å². The third-order valence-electron chi connectivity index (χ3n) is 5.11. The number of aliphatic hydroxyl groups is 2. The Labute approximate surface area is 148 Å². The van der Waals surface area contributed by atoms with Gasteiger partial charge in [0.15, 0.2) is 5.78 Å². The summed E-state index contributed by atoms with van der Waals surface area (Å²) in [5, 5.41) is 50.6. The van der Waals surface area contributed by atoms with Crippen LogP contribution in [0.2, 0.25) is 0 Å². The second-order valence-corrected chi connectivity index (χ2v) is 6.66. The van der Waals surface area contributed by atoms with Crippen LogP contribution in [0.5, 0.6) is 11.5 Å². The van der Waals surface area contributed by atoms with Crippen molar-refractivity contribution < 1.29 is 25.2 Å². The van der Waals surface area contributed by atoms with Gasteiger partial charge in [-0.05, 0) is 0 Å². The van der Waals surface area contributed by atoms with Crippen molar-refractivity contribution in [3.05, 3.63) is 57.6 Å². The molecule has 0 bridgehead atoms. The number of carbonyl (C=O) groups is 1. The SMILES string of the molecule is C#CC1(O)Cc2c(O)c3c(c(O)c2C(O)C1)C(=N)c1ccccc1C3=O. The molecule has 0 radical (unpaired) electrons. The highest BCUT2D eigenvalue weighted by atomic mass is 16.3. The summed E-state index contributed by atoms with van der Waals surface area (Å²) in [6, 6.07) is 6.44. The molecule has 0 saturated heterocycles. The van der Waals surface area contributed by atoms with Gasteiger partial charge in [-0.1, -0.05) is 30.2 Å². The summed E-state index contributed by atoms with van der Waals surface area (Å²) < 4.78 is 0. The third kappa shape index (κ3) is 1.96. The molecule has 2 aliphatic rings. The molecule has 0 amide bonds. The summed E-state index contributed by atoms with van der Waals surface area (Å²) in [5.41, 5.74) is -1.54. The maximum Gasteiger partial charge on any atom is 0.198 e. The van der Waals surface area contributed by atoms with E-state index in [1.807, 2.05) is 0 Å². The molecule has 2 atom stereocenters. The third-order valence-corrected chi connectivity index (χ3v) is 5.11. The van der Waals surface area contributed by atoms with Gasteiger partial charge in [0, 0.05) is 35.1 Å². The number of aliphatic hydroxyl groups excluding tert-OH is 1. The molecule has 2 unspecified atom stereocenters. The van der Waals surface area contributed by atoms with Gasteiger partial charge in [-0.15, -0.1) is 6.42 Å². The zero-order valence-electron chi connectivity index (χ0n) is 13.6. The highest BCUT2D eigenvalue weighted by molar-refractivity contribution is 6.31. The van der Waals surface area contributed by atoms with Crippen LogP contribution in [0.15, 0.2) is 24.3 Å². The maximum atomic E-state index is 12.9. The van der Waals surface area contributed by atoms with Crippen molar-refractivity contribution in [1.82, 2.24) is 0 Å². The zero-order chi connectivity index (χ0) is 18.8. The summed E-state index contributed by atoms with van der Waals surface area (Å²) in [6.45, 7) is 0. The molecule has 0 saturated carbocycles. The van der Waals surface area contributed by atoms with Crippen molar-refractivity contribution in [2.24, 2.45) is 0 Å². The van der Waals surface area contributed by atoms with Crippen LogP contribution in [-0.2, 0) is 6.42 Å². The molecule has 26 heavy (non-hydrogen) atoms. The van der Waals surface area contributed by atoms with Gasteiger partial charge >= 0.3 is 0 Å². The molecular formula is C20H15NO5. The summed E-state index contributed by atoms with van der Waals surface area (Å²) in [7, 11) is 0. The topological polar surface area (TPSA) is 122 Å². The lowest BCUT2D eigenvalue weighted by atomic mass is 9.73. The quantitative estimate of drug-likeness (QED) is 0.310. The average molecular weight is 349 g/mol. The Morgan fingerprint density at radius 3 is 2.46 bits per heavy atom. The molecule has 0 heterocycles. The summed E-state index contributed by atoms with van der Waals surface area (Å²) in [4.78, 5) is 12.9. The minimum absolute atomic E-state index is 0.00175. The predicted octanol–water partition coefficient (Wildman–Crippen LogP) is 1.40. The monoisotopic (exact) mass is 349 g/mol. The molecule has 4 rings (SSSR count). The number of phenolic OH excluding ortho intramolecular Hbond substituents is 2. The maximum absolute atomic E-state index is 12.9. The number of fused-ring (bicyclic) bond motifs is 3. The van der Waals surface area contributed by atoms with Gasteiger partial charge in [-0.2, -0.15) is 0 Å². The average Bonchev–Trinajstić information content (AvgIpc) is 2.62. The fourth-order valence-corrected chi connectivity index (χ4v) is 3.86. The van der Waals surface area contributed by atoms with Crippen LogP contribution in [-0.4, -0.2) is 37.5 Å². The van der Waals surface area contributed by atoms with E-state index in [4.69, 9.17) is 11.8 Å². The Kier molecular flexibility index (Phi) is 3.25. The van der Waals surface area contributed by atoms with Crippen LogP contribution in [0, 0.1) is 17.8 Å². The molecule has 0 spiro atoms. The standard InChI is InChI=1S/C20H15NO5/c1-2-20(26)7-11-13(12(22)8-20)19(25)14-15(18(11)24)17(23)10-6-4-3-5-9(10)16(14)21/h1,3-6,12,21-22,24-26H,7-8H2. The van der Waals surface area contributed by atoms with E-state index in [0.717, 1.165) is 0 Å². The van der Waals surface area contributed by atoms with E-state index in [2.05, 4.69) is 5.92 Å². The van der Waals surface area contributed by atoms with Gasteiger partial charge < -0.3 is 20.4 Å². The second kappa shape index (κ2) is 5.18. The Bertz CT molecular complexity index is 1050. The van der Waals surface area contributed by atoms with Crippen LogP contribution >= 0.6 is 0 Å². The Hall–Kier alpha value is -3.14. The fourth-order valence-electron chi connectivity index (χ4n) is 3.86. The number of rotatable bonds is 0. The van der Waals surface area contributed by atoms with Crippen LogP contribution in [0.1, 0.15) is 50.7 Å². The molecule has 6 heteroatoms. The van der Waals surface area contributed by atoms with Crippen molar-refractivity contribution in [2.75, 3.05) is 0 Å². The number of hydrogen-bond acceptors (Lipinski definition) is 6. The molecule has 0 aliphatic heterocycles. The Morgan fingerprint density at radius 2 is 1.81 bits per heavy atom. The summed E-state index contributed by atoms with van der Waals surface area (Å²) >= 11 is 0. The predicted molar refractivity (Wildman–Crippen MR) is 92.6 cm³/mol. The molecule has 0 fully saturated rings. The minimum Gasteiger partial charge on any atom is -0.507 e. The van der Waals surface area contributed by atoms with Crippen molar-refractivity contribution in [2.45, 2.75) is 24.5 Å². The zero-order valence-corrected chi connectivity index (χ0v) is 13.6. The molecule has 2 aromatic carbocycles.